The number of hydrogen-bond acceptors (Lipinski definition) is 3. The van der Waals surface area contributed by atoms with Gasteiger partial charge in [-0.15, -0.1) is 0 Å². The zero-order valence-electron chi connectivity index (χ0n) is 17.6. The third-order valence-corrected chi connectivity index (χ3v) is 5.18. The molecule has 2 amide bonds. The number of rotatable bonds is 4. The predicted octanol–water partition coefficient (Wildman–Crippen LogP) is 0.330. The number of pyridine rings is 1. The van der Waals surface area contributed by atoms with E-state index in [1.807, 2.05) is 61.0 Å². The molecule has 0 fully saturated rings. The number of aromatic nitrogens is 1. The van der Waals surface area contributed by atoms with Gasteiger partial charge in [0, 0.05) is 23.5 Å². The zero-order chi connectivity index (χ0) is 21.3. The van der Waals surface area contributed by atoms with Crippen LogP contribution in [0.5, 0.6) is 5.75 Å². The number of nitrogens with one attached hydrogen (secondary N) is 1. The van der Waals surface area contributed by atoms with E-state index in [1.54, 1.807) is 36.3 Å². The first-order chi connectivity index (χ1) is 14.5. The Morgan fingerprint density at radius 2 is 1.74 bits per heavy atom. The van der Waals surface area contributed by atoms with Gasteiger partial charge >= 0.3 is 0 Å². The molecule has 1 atom stereocenters. The van der Waals surface area contributed by atoms with Crippen LogP contribution in [-0.4, -0.2) is 18.9 Å². The van der Waals surface area contributed by atoms with Crippen molar-refractivity contribution < 1.29 is 42.9 Å². The second kappa shape index (κ2) is 9.47. The number of anilines is 2. The Balaban J connectivity index is 0.00000272. The highest BCUT2D eigenvalue weighted by Crippen LogP contribution is 2.31. The molecule has 31 heavy (non-hydrogen) atoms. The SMILES string of the molecule is COc1ccc(NC(=O)C2c3cccc[n+]3CC(=O)N2c2cc(C)cc(C)c2)cc1.[I-]. The number of benzene rings is 2. The number of aryl methyl sites for hydroxylation is 2. The van der Waals surface area contributed by atoms with E-state index in [4.69, 9.17) is 4.74 Å². The third kappa shape index (κ3) is 4.71. The monoisotopic (exact) mass is 529 g/mol. The van der Waals surface area contributed by atoms with Gasteiger partial charge in [-0.2, -0.15) is 4.57 Å². The summed E-state index contributed by atoms with van der Waals surface area (Å²) in [4.78, 5) is 28.2. The standard InChI is InChI=1S/C24H23N3O3.HI/c1-16-12-17(2)14-19(13-16)27-22(28)15-26-11-5-4-6-21(26)23(27)24(29)25-18-7-9-20(30-3)10-8-18;/h4-14,23H,15H2,1-3H3;1H. The molecule has 0 radical (unpaired) electrons. The number of carbonyl (C=O) groups excluding carboxylic acids is 2. The Labute approximate surface area is 198 Å². The first-order valence-corrected chi connectivity index (χ1v) is 9.80. The van der Waals surface area contributed by atoms with Crippen molar-refractivity contribution in [2.45, 2.75) is 26.4 Å². The minimum Gasteiger partial charge on any atom is -1.00 e. The number of fused-ring (bicyclic) bond motifs is 1. The average molecular weight is 529 g/mol. The van der Waals surface area contributed by atoms with Gasteiger partial charge in [-0.1, -0.05) is 12.1 Å². The largest absolute Gasteiger partial charge is 1.00 e. The second-order valence-corrected chi connectivity index (χ2v) is 7.48. The van der Waals surface area contributed by atoms with Crippen molar-refractivity contribution in [2.24, 2.45) is 0 Å². The van der Waals surface area contributed by atoms with Gasteiger partial charge < -0.3 is 34.0 Å². The van der Waals surface area contributed by atoms with Gasteiger partial charge in [0.05, 0.1) is 7.11 Å². The molecule has 4 rings (SSSR count). The lowest BCUT2D eigenvalue weighted by atomic mass is 10.0. The van der Waals surface area contributed by atoms with E-state index >= 15 is 0 Å². The molecular formula is C24H24IN3O3. The summed E-state index contributed by atoms with van der Waals surface area (Å²) in [6.45, 7) is 4.16. The topological polar surface area (TPSA) is 62.5 Å². The molecule has 1 aliphatic heterocycles. The maximum absolute atomic E-state index is 13.4. The zero-order valence-corrected chi connectivity index (χ0v) is 19.8. The smallest absolute Gasteiger partial charge is 0.294 e. The van der Waals surface area contributed by atoms with Crippen LogP contribution in [0.1, 0.15) is 22.9 Å². The van der Waals surface area contributed by atoms with E-state index in [9.17, 15) is 9.59 Å². The number of hydrogen-bond donors (Lipinski definition) is 1. The van der Waals surface area contributed by atoms with E-state index in [2.05, 4.69) is 5.32 Å². The number of halogens is 1. The normalized spacial score (nSPS) is 15.0. The van der Waals surface area contributed by atoms with E-state index < -0.39 is 6.04 Å². The van der Waals surface area contributed by atoms with Crippen LogP contribution < -0.4 is 43.5 Å². The molecule has 0 saturated heterocycles. The molecule has 0 aliphatic carbocycles. The molecule has 2 heterocycles. The number of amides is 2. The molecule has 160 valence electrons. The average Bonchev–Trinajstić information content (AvgIpc) is 2.72. The van der Waals surface area contributed by atoms with Crippen LogP contribution in [0, 0.1) is 13.8 Å². The van der Waals surface area contributed by atoms with Crippen molar-refractivity contribution in [3.8, 4) is 5.75 Å². The summed E-state index contributed by atoms with van der Waals surface area (Å²) in [6.07, 6.45) is 1.83. The maximum atomic E-state index is 13.4. The van der Waals surface area contributed by atoms with Gasteiger partial charge in [0.15, 0.2) is 6.20 Å². The Hall–Kier alpha value is -2.94. The highest BCUT2D eigenvalue weighted by Gasteiger charge is 2.43. The van der Waals surface area contributed by atoms with Crippen molar-refractivity contribution in [3.63, 3.8) is 0 Å². The highest BCUT2D eigenvalue weighted by atomic mass is 127. The minimum atomic E-state index is -0.782. The van der Waals surface area contributed by atoms with Crippen LogP contribution in [0.15, 0.2) is 66.9 Å². The fourth-order valence-electron chi connectivity index (χ4n) is 3.90. The quantitative estimate of drug-likeness (QED) is 0.392. The molecule has 1 unspecified atom stereocenters. The molecule has 0 bridgehead atoms. The van der Waals surface area contributed by atoms with Crippen molar-refractivity contribution >= 4 is 23.2 Å². The summed E-state index contributed by atoms with van der Waals surface area (Å²) in [5.41, 5.74) is 4.21. The van der Waals surface area contributed by atoms with Crippen LogP contribution >= 0.6 is 0 Å². The van der Waals surface area contributed by atoms with Crippen LogP contribution in [0.3, 0.4) is 0 Å². The molecule has 6 nitrogen and oxygen atoms in total. The molecule has 7 heteroatoms. The maximum Gasteiger partial charge on any atom is 0.294 e. The number of ether oxygens (including phenoxy) is 1. The van der Waals surface area contributed by atoms with Crippen LogP contribution in [0.25, 0.3) is 0 Å². The predicted molar refractivity (Wildman–Crippen MR) is 114 cm³/mol. The number of methoxy groups -OCH3 is 1. The van der Waals surface area contributed by atoms with E-state index in [0.29, 0.717) is 11.4 Å². The van der Waals surface area contributed by atoms with Crippen molar-refractivity contribution in [3.05, 3.63) is 83.7 Å². The summed E-state index contributed by atoms with van der Waals surface area (Å²) in [7, 11) is 1.59. The molecule has 1 aliphatic rings. The molecule has 0 spiro atoms. The van der Waals surface area contributed by atoms with E-state index in [-0.39, 0.29) is 42.3 Å². The number of carbonyl (C=O) groups is 2. The summed E-state index contributed by atoms with van der Waals surface area (Å²) < 4.78 is 7.01. The van der Waals surface area contributed by atoms with Gasteiger partial charge in [0.1, 0.15) is 5.75 Å². The Morgan fingerprint density at radius 3 is 2.39 bits per heavy atom. The first kappa shape index (κ1) is 22.7. The summed E-state index contributed by atoms with van der Waals surface area (Å²) in [6, 6.07) is 17.9. The Kier molecular flexibility index (Phi) is 6.94. The van der Waals surface area contributed by atoms with Crippen LogP contribution in [0.2, 0.25) is 0 Å². The number of nitrogens with zero attached hydrogens (tertiary/aromatic N) is 2. The molecule has 0 saturated carbocycles. The van der Waals surface area contributed by atoms with Gasteiger partial charge in [-0.25, -0.2) is 0 Å². The Bertz CT molecular complexity index is 1100. The molecule has 2 aromatic carbocycles. The molecule has 3 aromatic rings. The van der Waals surface area contributed by atoms with Gasteiger partial charge in [-0.3, -0.25) is 14.5 Å². The highest BCUT2D eigenvalue weighted by molar-refractivity contribution is 6.05. The van der Waals surface area contributed by atoms with E-state index in [1.165, 1.54) is 0 Å². The third-order valence-electron chi connectivity index (χ3n) is 5.18. The van der Waals surface area contributed by atoms with Gasteiger partial charge in [0.2, 0.25) is 18.3 Å². The minimum absolute atomic E-state index is 0. The lowest BCUT2D eigenvalue weighted by Gasteiger charge is -2.32. The molecule has 1 N–H and O–H groups in total. The fraction of sp³-hybridized carbons (Fsp3) is 0.208. The van der Waals surface area contributed by atoms with Crippen molar-refractivity contribution in [1.82, 2.24) is 0 Å². The summed E-state index contributed by atoms with van der Waals surface area (Å²) in [5.74, 6) is 0.310. The molecule has 1 aromatic heterocycles. The van der Waals surface area contributed by atoms with Crippen LogP contribution in [-0.2, 0) is 16.1 Å². The first-order valence-electron chi connectivity index (χ1n) is 9.80. The van der Waals surface area contributed by atoms with Gasteiger partial charge in [0.25, 0.3) is 11.8 Å². The van der Waals surface area contributed by atoms with Crippen molar-refractivity contribution in [1.29, 1.82) is 0 Å². The lowest BCUT2D eigenvalue weighted by molar-refractivity contribution is -0.695. The van der Waals surface area contributed by atoms with Gasteiger partial charge in [-0.05, 0) is 61.4 Å². The fourth-order valence-corrected chi connectivity index (χ4v) is 3.90. The lowest BCUT2D eigenvalue weighted by Crippen LogP contribution is -3.00. The second-order valence-electron chi connectivity index (χ2n) is 7.48. The van der Waals surface area contributed by atoms with Crippen LogP contribution in [0.4, 0.5) is 11.4 Å². The summed E-state index contributed by atoms with van der Waals surface area (Å²) >= 11 is 0. The molecular weight excluding hydrogens is 505 g/mol. The van der Waals surface area contributed by atoms with Crippen molar-refractivity contribution in [2.75, 3.05) is 17.3 Å². The Morgan fingerprint density at radius 1 is 1.06 bits per heavy atom. The summed E-state index contributed by atoms with van der Waals surface area (Å²) in [5, 5.41) is 2.95. The van der Waals surface area contributed by atoms with E-state index in [0.717, 1.165) is 22.5 Å².